The molecular formula is C30H37N3O4S. The van der Waals surface area contributed by atoms with Crippen LogP contribution in [0.15, 0.2) is 78.9 Å². The quantitative estimate of drug-likeness (QED) is 0.376. The van der Waals surface area contributed by atoms with Gasteiger partial charge in [-0.05, 0) is 54.7 Å². The Kier molecular flexibility index (Phi) is 10.1. The molecule has 0 saturated carbocycles. The lowest BCUT2D eigenvalue weighted by molar-refractivity contribution is -0.140. The Morgan fingerprint density at radius 2 is 1.61 bits per heavy atom. The molecule has 0 radical (unpaired) electrons. The molecule has 0 aliphatic heterocycles. The molecule has 38 heavy (non-hydrogen) atoms. The number of nitrogens with zero attached hydrogens (tertiary/aromatic N) is 2. The number of rotatable bonds is 12. The molecule has 0 spiro atoms. The third-order valence-corrected chi connectivity index (χ3v) is 7.53. The molecule has 0 bridgehead atoms. The molecule has 1 atom stereocenters. The average molecular weight is 536 g/mol. The van der Waals surface area contributed by atoms with Gasteiger partial charge >= 0.3 is 0 Å². The predicted octanol–water partition coefficient (Wildman–Crippen LogP) is 4.24. The Bertz CT molecular complexity index is 1340. The summed E-state index contributed by atoms with van der Waals surface area (Å²) in [6.45, 7) is 6.03. The van der Waals surface area contributed by atoms with Crippen LogP contribution in [0.1, 0.15) is 35.6 Å². The van der Waals surface area contributed by atoms with E-state index in [0.29, 0.717) is 18.7 Å². The van der Waals surface area contributed by atoms with E-state index in [4.69, 9.17) is 0 Å². The molecule has 3 aromatic carbocycles. The number of hydrogen-bond acceptors (Lipinski definition) is 4. The van der Waals surface area contributed by atoms with Crippen LogP contribution in [0.5, 0.6) is 0 Å². The SMILES string of the molecule is CCCNC(=O)[C@H](Cc1ccccc1)N(Cc1ccccc1C)C(=O)CN(c1cccc(C)c1)S(C)(=O)=O. The maximum absolute atomic E-state index is 14.0. The zero-order chi connectivity index (χ0) is 27.7. The van der Waals surface area contributed by atoms with Gasteiger partial charge in [0.25, 0.3) is 0 Å². The van der Waals surface area contributed by atoms with Gasteiger partial charge in [0.15, 0.2) is 0 Å². The number of anilines is 1. The molecule has 0 saturated heterocycles. The van der Waals surface area contributed by atoms with Crippen LogP contribution in [-0.4, -0.2) is 50.5 Å². The summed E-state index contributed by atoms with van der Waals surface area (Å²) in [6, 6.07) is 23.4. The van der Waals surface area contributed by atoms with E-state index in [-0.39, 0.29) is 12.5 Å². The second-order valence-electron chi connectivity index (χ2n) is 9.55. The second-order valence-corrected chi connectivity index (χ2v) is 11.5. The van der Waals surface area contributed by atoms with Crippen molar-refractivity contribution in [3.8, 4) is 0 Å². The van der Waals surface area contributed by atoms with E-state index in [1.165, 1.54) is 4.90 Å². The van der Waals surface area contributed by atoms with E-state index in [1.807, 2.05) is 81.4 Å². The number of sulfonamides is 1. The molecule has 1 N–H and O–H groups in total. The van der Waals surface area contributed by atoms with Gasteiger partial charge in [-0.3, -0.25) is 13.9 Å². The Hall–Kier alpha value is -3.65. The largest absolute Gasteiger partial charge is 0.354 e. The van der Waals surface area contributed by atoms with E-state index in [0.717, 1.165) is 39.2 Å². The number of amides is 2. The normalized spacial score (nSPS) is 12.0. The number of nitrogens with one attached hydrogen (secondary N) is 1. The predicted molar refractivity (Wildman–Crippen MR) is 152 cm³/mol. The van der Waals surface area contributed by atoms with Crippen molar-refractivity contribution < 1.29 is 18.0 Å². The summed E-state index contributed by atoms with van der Waals surface area (Å²) in [4.78, 5) is 29.0. The zero-order valence-electron chi connectivity index (χ0n) is 22.6. The van der Waals surface area contributed by atoms with E-state index in [9.17, 15) is 18.0 Å². The minimum atomic E-state index is -3.78. The third-order valence-electron chi connectivity index (χ3n) is 6.39. The van der Waals surface area contributed by atoms with Gasteiger partial charge in [-0.1, -0.05) is 73.7 Å². The Balaban J connectivity index is 2.05. The van der Waals surface area contributed by atoms with Crippen LogP contribution in [0.3, 0.4) is 0 Å². The molecule has 0 fully saturated rings. The first-order chi connectivity index (χ1) is 18.1. The average Bonchev–Trinajstić information content (AvgIpc) is 2.88. The summed E-state index contributed by atoms with van der Waals surface area (Å²) in [5.41, 5.74) is 4.07. The lowest BCUT2D eigenvalue weighted by Gasteiger charge is -2.34. The van der Waals surface area contributed by atoms with Crippen molar-refractivity contribution in [2.24, 2.45) is 0 Å². The maximum Gasteiger partial charge on any atom is 0.244 e. The van der Waals surface area contributed by atoms with Gasteiger partial charge < -0.3 is 10.2 Å². The smallest absolute Gasteiger partial charge is 0.244 e. The number of benzene rings is 3. The number of aryl methyl sites for hydroxylation is 2. The van der Waals surface area contributed by atoms with Crippen LogP contribution in [-0.2, 0) is 32.6 Å². The second kappa shape index (κ2) is 13.2. The standard InChI is InChI=1S/C30H37N3O4S/c1-5-18-31-30(35)28(20-25-14-7-6-8-15-25)32(21-26-16-10-9-13-24(26)3)29(34)22-33(38(4,36)37)27-17-11-12-23(2)19-27/h6-17,19,28H,5,18,20-22H2,1-4H3,(H,31,35)/t28-/m0/s1. The summed E-state index contributed by atoms with van der Waals surface area (Å²) in [7, 11) is -3.78. The molecule has 2 amide bonds. The summed E-state index contributed by atoms with van der Waals surface area (Å²) in [5.74, 6) is -0.716. The molecule has 0 aliphatic rings. The summed E-state index contributed by atoms with van der Waals surface area (Å²) in [6.07, 6.45) is 2.14. The van der Waals surface area contributed by atoms with Crippen molar-refractivity contribution in [2.75, 3.05) is 23.7 Å². The number of hydrogen-bond donors (Lipinski definition) is 1. The topological polar surface area (TPSA) is 86.8 Å². The van der Waals surface area contributed by atoms with Crippen molar-refractivity contribution in [1.29, 1.82) is 0 Å². The van der Waals surface area contributed by atoms with Gasteiger partial charge in [-0.2, -0.15) is 0 Å². The highest BCUT2D eigenvalue weighted by molar-refractivity contribution is 7.92. The lowest BCUT2D eigenvalue weighted by Crippen LogP contribution is -2.53. The van der Waals surface area contributed by atoms with Gasteiger partial charge in [0, 0.05) is 19.5 Å². The monoisotopic (exact) mass is 535 g/mol. The van der Waals surface area contributed by atoms with E-state index in [1.54, 1.807) is 18.2 Å². The molecule has 0 aromatic heterocycles. The molecule has 202 valence electrons. The van der Waals surface area contributed by atoms with Crippen molar-refractivity contribution >= 4 is 27.5 Å². The molecule has 7 nitrogen and oxygen atoms in total. The minimum absolute atomic E-state index is 0.175. The summed E-state index contributed by atoms with van der Waals surface area (Å²) in [5, 5.41) is 2.95. The summed E-state index contributed by atoms with van der Waals surface area (Å²) < 4.78 is 26.8. The van der Waals surface area contributed by atoms with Crippen molar-refractivity contribution in [1.82, 2.24) is 10.2 Å². The Morgan fingerprint density at radius 3 is 2.24 bits per heavy atom. The van der Waals surface area contributed by atoms with Gasteiger partial charge in [-0.25, -0.2) is 8.42 Å². The van der Waals surface area contributed by atoms with Crippen LogP contribution in [0.25, 0.3) is 0 Å². The highest BCUT2D eigenvalue weighted by atomic mass is 32.2. The first kappa shape index (κ1) is 28.9. The first-order valence-electron chi connectivity index (χ1n) is 12.8. The van der Waals surface area contributed by atoms with E-state index >= 15 is 0 Å². The van der Waals surface area contributed by atoms with Gasteiger partial charge in [0.2, 0.25) is 21.8 Å². The molecule has 3 rings (SSSR count). The van der Waals surface area contributed by atoms with Crippen molar-refractivity contribution in [2.45, 2.75) is 46.2 Å². The summed E-state index contributed by atoms with van der Waals surface area (Å²) >= 11 is 0. The Labute approximate surface area is 226 Å². The van der Waals surface area contributed by atoms with Crippen LogP contribution in [0.4, 0.5) is 5.69 Å². The fourth-order valence-electron chi connectivity index (χ4n) is 4.29. The highest BCUT2D eigenvalue weighted by Crippen LogP contribution is 2.22. The molecule has 0 aliphatic carbocycles. The molecule has 0 unspecified atom stereocenters. The van der Waals surface area contributed by atoms with Gasteiger partial charge in [-0.15, -0.1) is 0 Å². The van der Waals surface area contributed by atoms with Gasteiger partial charge in [0.1, 0.15) is 12.6 Å². The lowest BCUT2D eigenvalue weighted by atomic mass is 10.0. The molecule has 3 aromatic rings. The molecular weight excluding hydrogens is 498 g/mol. The maximum atomic E-state index is 14.0. The number of carbonyl (C=O) groups is 2. The van der Waals surface area contributed by atoms with Crippen LogP contribution >= 0.6 is 0 Å². The third kappa shape index (κ3) is 7.92. The van der Waals surface area contributed by atoms with Crippen LogP contribution < -0.4 is 9.62 Å². The van der Waals surface area contributed by atoms with Crippen LogP contribution in [0, 0.1) is 13.8 Å². The fraction of sp³-hybridized carbons (Fsp3) is 0.333. The van der Waals surface area contributed by atoms with Gasteiger partial charge in [0.05, 0.1) is 11.9 Å². The highest BCUT2D eigenvalue weighted by Gasteiger charge is 2.33. The van der Waals surface area contributed by atoms with Crippen molar-refractivity contribution in [3.63, 3.8) is 0 Å². The van der Waals surface area contributed by atoms with Crippen LogP contribution in [0.2, 0.25) is 0 Å². The Morgan fingerprint density at radius 1 is 0.921 bits per heavy atom. The van der Waals surface area contributed by atoms with E-state index < -0.39 is 28.5 Å². The minimum Gasteiger partial charge on any atom is -0.354 e. The number of carbonyl (C=O) groups excluding carboxylic acids is 2. The molecule has 8 heteroatoms. The first-order valence-corrected chi connectivity index (χ1v) is 14.6. The van der Waals surface area contributed by atoms with E-state index in [2.05, 4.69) is 5.32 Å². The van der Waals surface area contributed by atoms with Crippen molar-refractivity contribution in [3.05, 3.63) is 101 Å². The zero-order valence-corrected chi connectivity index (χ0v) is 23.4. The fourth-order valence-corrected chi connectivity index (χ4v) is 5.13. The molecule has 0 heterocycles.